The van der Waals surface area contributed by atoms with Crippen molar-refractivity contribution >= 4 is 23.3 Å². The van der Waals surface area contributed by atoms with Gasteiger partial charge in [-0.25, -0.2) is 0 Å². The molecule has 0 fully saturated rings. The van der Waals surface area contributed by atoms with Gasteiger partial charge in [-0.3, -0.25) is 9.59 Å². The van der Waals surface area contributed by atoms with E-state index in [1.807, 2.05) is 36.4 Å². The molecule has 3 rings (SSSR count). The highest BCUT2D eigenvalue weighted by Crippen LogP contribution is 2.20. The highest BCUT2D eigenvalue weighted by Gasteiger charge is 2.26. The van der Waals surface area contributed by atoms with Crippen LogP contribution in [0.25, 0.3) is 0 Å². The summed E-state index contributed by atoms with van der Waals surface area (Å²) in [6, 6.07) is 17.9. The minimum absolute atomic E-state index is 0.0422. The number of amidine groups is 1. The molecule has 0 radical (unpaired) electrons. The van der Waals surface area contributed by atoms with Crippen molar-refractivity contribution in [3.05, 3.63) is 65.7 Å². The van der Waals surface area contributed by atoms with E-state index in [9.17, 15) is 9.59 Å². The SMILES string of the molecule is N#Cc1ccc(N2N=C(NC(=O)Cc3ccccc3)CC2=O)cc1. The van der Waals surface area contributed by atoms with Crippen LogP contribution in [0.3, 0.4) is 0 Å². The van der Waals surface area contributed by atoms with Gasteiger partial charge in [0.15, 0.2) is 0 Å². The van der Waals surface area contributed by atoms with Crippen LogP contribution in [0.4, 0.5) is 5.69 Å². The lowest BCUT2D eigenvalue weighted by Crippen LogP contribution is -2.31. The molecule has 6 nitrogen and oxygen atoms in total. The fraction of sp³-hybridized carbons (Fsp3) is 0.111. The third-order valence-electron chi connectivity index (χ3n) is 3.51. The fourth-order valence-electron chi connectivity index (χ4n) is 2.36. The number of carbonyl (C=O) groups excluding carboxylic acids is 2. The number of nitrogens with one attached hydrogen (secondary N) is 1. The van der Waals surface area contributed by atoms with Gasteiger partial charge in [0.25, 0.3) is 5.91 Å². The largest absolute Gasteiger partial charge is 0.312 e. The molecule has 0 aliphatic carbocycles. The van der Waals surface area contributed by atoms with Gasteiger partial charge in [-0.2, -0.15) is 15.4 Å². The molecular weight excluding hydrogens is 304 g/mol. The number of hydrazone groups is 1. The second-order valence-corrected chi connectivity index (χ2v) is 5.30. The molecule has 1 heterocycles. The number of carbonyl (C=O) groups is 2. The second-order valence-electron chi connectivity index (χ2n) is 5.30. The predicted octanol–water partition coefficient (Wildman–Crippen LogP) is 1.97. The summed E-state index contributed by atoms with van der Waals surface area (Å²) in [4.78, 5) is 24.1. The lowest BCUT2D eigenvalue weighted by atomic mass is 10.1. The third-order valence-corrected chi connectivity index (χ3v) is 3.51. The van der Waals surface area contributed by atoms with E-state index in [-0.39, 0.29) is 24.7 Å². The average molecular weight is 318 g/mol. The van der Waals surface area contributed by atoms with Gasteiger partial charge in [-0.1, -0.05) is 30.3 Å². The minimum Gasteiger partial charge on any atom is -0.312 e. The summed E-state index contributed by atoms with van der Waals surface area (Å²) in [7, 11) is 0. The highest BCUT2D eigenvalue weighted by molar-refractivity contribution is 6.15. The number of hydrogen-bond donors (Lipinski definition) is 1. The third kappa shape index (κ3) is 3.47. The molecule has 2 aromatic rings. The van der Waals surface area contributed by atoms with Gasteiger partial charge < -0.3 is 5.32 Å². The first-order valence-electron chi connectivity index (χ1n) is 7.40. The highest BCUT2D eigenvalue weighted by atomic mass is 16.2. The molecule has 2 amide bonds. The van der Waals surface area contributed by atoms with E-state index in [2.05, 4.69) is 10.4 Å². The first kappa shape index (κ1) is 15.4. The van der Waals surface area contributed by atoms with Crippen molar-refractivity contribution in [1.82, 2.24) is 5.32 Å². The lowest BCUT2D eigenvalue weighted by molar-refractivity contribution is -0.119. The summed E-state index contributed by atoms with van der Waals surface area (Å²) >= 11 is 0. The molecule has 0 bridgehead atoms. The van der Waals surface area contributed by atoms with E-state index in [1.54, 1.807) is 24.3 Å². The molecule has 24 heavy (non-hydrogen) atoms. The van der Waals surface area contributed by atoms with Crippen LogP contribution >= 0.6 is 0 Å². The first-order valence-corrected chi connectivity index (χ1v) is 7.40. The van der Waals surface area contributed by atoms with Crippen LogP contribution in [0.1, 0.15) is 17.5 Å². The Morgan fingerprint density at radius 1 is 1.17 bits per heavy atom. The molecule has 1 aliphatic heterocycles. The van der Waals surface area contributed by atoms with Crippen LogP contribution in [0.5, 0.6) is 0 Å². The number of rotatable bonds is 3. The van der Waals surface area contributed by atoms with Crippen LogP contribution in [-0.4, -0.2) is 17.6 Å². The Hall–Kier alpha value is -3.46. The number of nitrogens with zero attached hydrogens (tertiary/aromatic N) is 3. The molecule has 2 aromatic carbocycles. The second kappa shape index (κ2) is 6.75. The summed E-state index contributed by atoms with van der Waals surface area (Å²) in [6.45, 7) is 0. The molecule has 0 unspecified atom stereocenters. The summed E-state index contributed by atoms with van der Waals surface area (Å²) in [5, 5.41) is 16.9. The monoisotopic (exact) mass is 318 g/mol. The Bertz CT molecular complexity index is 836. The Kier molecular flexibility index (Phi) is 4.34. The number of nitriles is 1. The molecule has 0 spiro atoms. The van der Waals surface area contributed by atoms with Crippen molar-refractivity contribution in [2.75, 3.05) is 5.01 Å². The van der Waals surface area contributed by atoms with Gasteiger partial charge in [-0.15, -0.1) is 0 Å². The van der Waals surface area contributed by atoms with E-state index in [1.165, 1.54) is 5.01 Å². The fourth-order valence-corrected chi connectivity index (χ4v) is 2.36. The van der Waals surface area contributed by atoms with Gasteiger partial charge in [0.2, 0.25) is 5.91 Å². The Balaban J connectivity index is 1.67. The van der Waals surface area contributed by atoms with Gasteiger partial charge in [0, 0.05) is 0 Å². The molecule has 0 aromatic heterocycles. The minimum atomic E-state index is -0.227. The number of anilines is 1. The van der Waals surface area contributed by atoms with Crippen LogP contribution in [0, 0.1) is 11.3 Å². The maximum Gasteiger partial charge on any atom is 0.255 e. The zero-order valence-electron chi connectivity index (χ0n) is 12.8. The van der Waals surface area contributed by atoms with Crippen molar-refractivity contribution < 1.29 is 9.59 Å². The molecular formula is C18H14N4O2. The Morgan fingerprint density at radius 2 is 1.88 bits per heavy atom. The van der Waals surface area contributed by atoms with Gasteiger partial charge in [0.1, 0.15) is 5.84 Å². The molecule has 0 atom stereocenters. The standard InChI is InChI=1S/C18H14N4O2/c19-12-14-6-8-15(9-7-14)22-18(24)11-16(21-22)20-17(23)10-13-4-2-1-3-5-13/h1-9H,10-11H2,(H,20,21,23). The number of benzene rings is 2. The summed E-state index contributed by atoms with van der Waals surface area (Å²) < 4.78 is 0. The average Bonchev–Trinajstić information content (AvgIpc) is 2.96. The van der Waals surface area contributed by atoms with Crippen molar-refractivity contribution in [1.29, 1.82) is 5.26 Å². The smallest absolute Gasteiger partial charge is 0.255 e. The first-order chi connectivity index (χ1) is 11.7. The van der Waals surface area contributed by atoms with E-state index in [0.29, 0.717) is 17.1 Å². The molecule has 0 saturated carbocycles. The van der Waals surface area contributed by atoms with Crippen LogP contribution < -0.4 is 10.3 Å². The van der Waals surface area contributed by atoms with Gasteiger partial charge in [0.05, 0.1) is 30.2 Å². The van der Waals surface area contributed by atoms with Crippen molar-refractivity contribution in [3.8, 4) is 6.07 Å². The van der Waals surface area contributed by atoms with Crippen molar-refractivity contribution in [2.45, 2.75) is 12.8 Å². The Labute approximate surface area is 139 Å². The number of hydrogen-bond acceptors (Lipinski definition) is 4. The molecule has 0 saturated heterocycles. The summed E-state index contributed by atoms with van der Waals surface area (Å²) in [5.41, 5.74) is 1.96. The van der Waals surface area contributed by atoms with Crippen LogP contribution in [0.15, 0.2) is 59.7 Å². The van der Waals surface area contributed by atoms with Crippen LogP contribution in [-0.2, 0) is 16.0 Å². The maximum absolute atomic E-state index is 12.1. The molecule has 6 heteroatoms. The molecule has 1 N–H and O–H groups in total. The summed E-state index contributed by atoms with van der Waals surface area (Å²) in [5.74, 6) is -0.116. The van der Waals surface area contributed by atoms with Gasteiger partial charge in [-0.05, 0) is 29.8 Å². The molecule has 1 aliphatic rings. The van der Waals surface area contributed by atoms with E-state index < -0.39 is 0 Å². The van der Waals surface area contributed by atoms with E-state index in [0.717, 1.165) is 5.56 Å². The predicted molar refractivity (Wildman–Crippen MR) is 89.0 cm³/mol. The zero-order valence-corrected chi connectivity index (χ0v) is 12.8. The van der Waals surface area contributed by atoms with Crippen molar-refractivity contribution in [2.24, 2.45) is 5.10 Å². The maximum atomic E-state index is 12.1. The van der Waals surface area contributed by atoms with Crippen LogP contribution in [0.2, 0.25) is 0 Å². The number of amides is 2. The topological polar surface area (TPSA) is 85.6 Å². The Morgan fingerprint density at radius 3 is 2.54 bits per heavy atom. The summed E-state index contributed by atoms with van der Waals surface area (Å²) in [6.07, 6.45) is 0.269. The lowest BCUT2D eigenvalue weighted by Gasteiger charge is -2.10. The van der Waals surface area contributed by atoms with Crippen molar-refractivity contribution in [3.63, 3.8) is 0 Å². The van der Waals surface area contributed by atoms with E-state index >= 15 is 0 Å². The normalized spacial score (nSPS) is 13.4. The zero-order chi connectivity index (χ0) is 16.9. The quantitative estimate of drug-likeness (QED) is 0.938. The van der Waals surface area contributed by atoms with E-state index in [4.69, 9.17) is 5.26 Å². The van der Waals surface area contributed by atoms with Gasteiger partial charge >= 0.3 is 0 Å². The molecule has 118 valence electrons.